The van der Waals surface area contributed by atoms with Gasteiger partial charge >= 0.3 is 0 Å². The third kappa shape index (κ3) is 2.35. The van der Waals surface area contributed by atoms with Crippen molar-refractivity contribution in [3.05, 3.63) is 59.2 Å². The van der Waals surface area contributed by atoms with Crippen molar-refractivity contribution < 1.29 is 9.59 Å². The van der Waals surface area contributed by atoms with Crippen LogP contribution in [0.2, 0.25) is 0 Å². The van der Waals surface area contributed by atoms with Gasteiger partial charge in [-0.15, -0.1) is 0 Å². The van der Waals surface area contributed by atoms with E-state index in [2.05, 4.69) is 0 Å². The Morgan fingerprint density at radius 1 is 1.14 bits per heavy atom. The lowest BCUT2D eigenvalue weighted by Crippen LogP contribution is -2.09. The van der Waals surface area contributed by atoms with Gasteiger partial charge in [-0.2, -0.15) is 0 Å². The van der Waals surface area contributed by atoms with Gasteiger partial charge in [0.1, 0.15) is 0 Å². The van der Waals surface area contributed by atoms with Crippen LogP contribution in [0.5, 0.6) is 0 Å². The molecule has 0 bridgehead atoms. The minimum absolute atomic E-state index is 0.0488. The van der Waals surface area contributed by atoms with Crippen LogP contribution in [0.3, 0.4) is 0 Å². The van der Waals surface area contributed by atoms with Crippen molar-refractivity contribution in [1.29, 1.82) is 0 Å². The fourth-order valence-corrected chi connectivity index (χ4v) is 2.74. The molecule has 2 aliphatic carbocycles. The van der Waals surface area contributed by atoms with Gasteiger partial charge in [0.2, 0.25) is 0 Å². The second kappa shape index (κ2) is 5.17. The highest BCUT2D eigenvalue weighted by Crippen LogP contribution is 2.35. The average Bonchev–Trinajstić information content (AvgIpc) is 2.73. The molecule has 3 nitrogen and oxygen atoms in total. The highest BCUT2D eigenvalue weighted by Gasteiger charge is 2.40. The van der Waals surface area contributed by atoms with Gasteiger partial charge in [0.15, 0.2) is 11.6 Å². The van der Waals surface area contributed by atoms with Crippen molar-refractivity contribution in [2.75, 3.05) is 19.0 Å². The van der Waals surface area contributed by atoms with Gasteiger partial charge in [0.05, 0.1) is 11.5 Å². The van der Waals surface area contributed by atoms with E-state index in [9.17, 15) is 9.59 Å². The van der Waals surface area contributed by atoms with Crippen molar-refractivity contribution in [3.8, 4) is 0 Å². The Bertz CT molecular complexity index is 690. The van der Waals surface area contributed by atoms with E-state index in [-0.39, 0.29) is 17.5 Å². The zero-order valence-corrected chi connectivity index (χ0v) is 12.2. The fraction of sp³-hybridized carbons (Fsp3) is 0.222. The van der Waals surface area contributed by atoms with Crippen molar-refractivity contribution in [2.24, 2.45) is 5.92 Å². The molecule has 0 N–H and O–H groups in total. The van der Waals surface area contributed by atoms with Crippen LogP contribution in [0, 0.1) is 5.92 Å². The Morgan fingerprint density at radius 3 is 2.48 bits per heavy atom. The first-order valence-corrected chi connectivity index (χ1v) is 7.02. The molecule has 0 amide bonds. The molecule has 0 aromatic heterocycles. The molecule has 3 heteroatoms. The second-order valence-electron chi connectivity index (χ2n) is 5.58. The first-order chi connectivity index (χ1) is 10.1. The molecule has 0 radical (unpaired) electrons. The molecule has 1 aromatic rings. The summed E-state index contributed by atoms with van der Waals surface area (Å²) in [7, 11) is 3.95. The SMILES string of the molecule is CN(C)c1ccc(C=C2C(=O)C3=CC=CCC3C2=O)cc1. The summed E-state index contributed by atoms with van der Waals surface area (Å²) in [6.07, 6.45) is 7.90. The number of carbonyl (C=O) groups excluding carboxylic acids is 2. The molecule has 1 aromatic carbocycles. The molecule has 1 fully saturated rings. The lowest BCUT2D eigenvalue weighted by Gasteiger charge is -2.11. The summed E-state index contributed by atoms with van der Waals surface area (Å²) in [5.41, 5.74) is 2.91. The Hall–Kier alpha value is -2.42. The lowest BCUT2D eigenvalue weighted by molar-refractivity contribution is -0.117. The second-order valence-corrected chi connectivity index (χ2v) is 5.58. The van der Waals surface area contributed by atoms with Crippen LogP contribution in [-0.2, 0) is 9.59 Å². The predicted octanol–water partition coefficient (Wildman–Crippen LogP) is 2.79. The van der Waals surface area contributed by atoms with Gasteiger partial charge in [-0.3, -0.25) is 9.59 Å². The van der Waals surface area contributed by atoms with Gasteiger partial charge < -0.3 is 4.90 Å². The van der Waals surface area contributed by atoms with Gasteiger partial charge in [0.25, 0.3) is 0 Å². The normalized spacial score (nSPS) is 22.5. The quantitative estimate of drug-likeness (QED) is 0.617. The number of benzene rings is 1. The van der Waals surface area contributed by atoms with Crippen LogP contribution < -0.4 is 4.90 Å². The van der Waals surface area contributed by atoms with Crippen LogP contribution in [0.25, 0.3) is 6.08 Å². The minimum atomic E-state index is -0.269. The Morgan fingerprint density at radius 2 is 1.86 bits per heavy atom. The number of hydrogen-bond acceptors (Lipinski definition) is 3. The standard InChI is InChI=1S/C18H17NO2/c1-19(2)13-9-7-12(8-10-13)11-16-17(20)14-5-3-4-6-15(14)18(16)21/h3-5,7-11,15H,6H2,1-2H3. The Balaban J connectivity index is 1.93. The van der Waals surface area contributed by atoms with Crippen LogP contribution in [-0.4, -0.2) is 25.7 Å². The third-order valence-corrected chi connectivity index (χ3v) is 3.97. The largest absolute Gasteiger partial charge is 0.378 e. The maximum atomic E-state index is 12.4. The fourth-order valence-electron chi connectivity index (χ4n) is 2.74. The molecule has 21 heavy (non-hydrogen) atoms. The molecular formula is C18H17NO2. The molecule has 0 saturated heterocycles. The minimum Gasteiger partial charge on any atom is -0.378 e. The summed E-state index contributed by atoms with van der Waals surface area (Å²) < 4.78 is 0. The number of anilines is 1. The summed E-state index contributed by atoms with van der Waals surface area (Å²) in [5.74, 6) is -0.437. The smallest absolute Gasteiger partial charge is 0.193 e. The number of Topliss-reactive ketones (excluding diaryl/α,β-unsaturated/α-hetero) is 2. The van der Waals surface area contributed by atoms with Crippen LogP contribution in [0.1, 0.15) is 12.0 Å². The van der Waals surface area contributed by atoms with E-state index in [1.165, 1.54) is 0 Å². The first kappa shape index (κ1) is 13.6. The summed E-state index contributed by atoms with van der Waals surface area (Å²) in [4.78, 5) is 26.7. The van der Waals surface area contributed by atoms with Crippen LogP contribution in [0.4, 0.5) is 5.69 Å². The number of ketones is 2. The van der Waals surface area contributed by atoms with E-state index in [0.717, 1.165) is 11.3 Å². The van der Waals surface area contributed by atoms with E-state index >= 15 is 0 Å². The molecule has 1 unspecified atom stereocenters. The van der Waals surface area contributed by atoms with E-state index in [0.29, 0.717) is 17.6 Å². The molecule has 0 heterocycles. The number of fused-ring (bicyclic) bond motifs is 1. The Kier molecular flexibility index (Phi) is 3.34. The maximum Gasteiger partial charge on any atom is 0.193 e. The van der Waals surface area contributed by atoms with Gasteiger partial charge in [-0.05, 0) is 30.2 Å². The van der Waals surface area contributed by atoms with Crippen molar-refractivity contribution in [3.63, 3.8) is 0 Å². The van der Waals surface area contributed by atoms with E-state index in [4.69, 9.17) is 0 Å². The van der Waals surface area contributed by atoms with Gasteiger partial charge in [-0.25, -0.2) is 0 Å². The van der Waals surface area contributed by atoms with Crippen molar-refractivity contribution >= 4 is 23.3 Å². The summed E-state index contributed by atoms with van der Waals surface area (Å²) in [5, 5.41) is 0. The van der Waals surface area contributed by atoms with Crippen LogP contribution >= 0.6 is 0 Å². The number of rotatable bonds is 2. The zero-order chi connectivity index (χ0) is 15.0. The Labute approximate surface area is 124 Å². The molecule has 1 saturated carbocycles. The summed E-state index contributed by atoms with van der Waals surface area (Å²) in [6.45, 7) is 0. The molecule has 2 aliphatic rings. The van der Waals surface area contributed by atoms with E-state index in [1.54, 1.807) is 12.2 Å². The molecule has 3 rings (SSSR count). The summed E-state index contributed by atoms with van der Waals surface area (Å²) in [6, 6.07) is 7.81. The van der Waals surface area contributed by atoms with Gasteiger partial charge in [-0.1, -0.05) is 30.4 Å². The topological polar surface area (TPSA) is 37.4 Å². The number of carbonyl (C=O) groups is 2. The summed E-state index contributed by atoms with van der Waals surface area (Å²) >= 11 is 0. The predicted molar refractivity (Wildman–Crippen MR) is 84.1 cm³/mol. The molecule has 0 spiro atoms. The third-order valence-electron chi connectivity index (χ3n) is 3.97. The first-order valence-electron chi connectivity index (χ1n) is 7.02. The average molecular weight is 279 g/mol. The monoisotopic (exact) mass is 279 g/mol. The van der Waals surface area contributed by atoms with Gasteiger partial charge in [0, 0.05) is 25.4 Å². The molecular weight excluding hydrogens is 262 g/mol. The van der Waals surface area contributed by atoms with E-state index in [1.807, 2.05) is 55.4 Å². The maximum absolute atomic E-state index is 12.4. The number of allylic oxidation sites excluding steroid dienone is 5. The van der Waals surface area contributed by atoms with Crippen molar-refractivity contribution in [2.45, 2.75) is 6.42 Å². The van der Waals surface area contributed by atoms with Crippen molar-refractivity contribution in [1.82, 2.24) is 0 Å². The lowest BCUT2D eigenvalue weighted by atomic mass is 9.94. The highest BCUT2D eigenvalue weighted by atomic mass is 16.2. The molecule has 106 valence electrons. The number of hydrogen-bond donors (Lipinski definition) is 0. The molecule has 1 atom stereocenters. The highest BCUT2D eigenvalue weighted by molar-refractivity contribution is 6.36. The number of nitrogens with zero attached hydrogens (tertiary/aromatic N) is 1. The van der Waals surface area contributed by atoms with E-state index < -0.39 is 0 Å². The zero-order valence-electron chi connectivity index (χ0n) is 12.2. The van der Waals surface area contributed by atoms with Crippen LogP contribution in [0.15, 0.2) is 53.6 Å². The molecule has 0 aliphatic heterocycles.